The summed E-state index contributed by atoms with van der Waals surface area (Å²) in [7, 11) is 0. The number of benzene rings is 2. The fourth-order valence-corrected chi connectivity index (χ4v) is 3.97. The van der Waals surface area contributed by atoms with Crippen LogP contribution in [0.25, 0.3) is 16.6 Å². The Morgan fingerprint density at radius 1 is 1.00 bits per heavy atom. The first-order valence-corrected chi connectivity index (χ1v) is 9.73. The standard InChI is InChI=1S/C22H19N3OS/c1-15-7-8-16(2)20(13-15)25-21(26)18-5-3-4-6-19(18)24-22(25)27-14-17-9-11-23-12-10-17/h3-13H,14H2,1-2H3. The fourth-order valence-electron chi connectivity index (χ4n) is 3.01. The molecule has 27 heavy (non-hydrogen) atoms. The average Bonchev–Trinajstić information content (AvgIpc) is 2.69. The van der Waals surface area contributed by atoms with Crippen LogP contribution in [0.3, 0.4) is 0 Å². The molecule has 2 aromatic carbocycles. The molecule has 0 fully saturated rings. The first-order chi connectivity index (χ1) is 13.1. The summed E-state index contributed by atoms with van der Waals surface area (Å²) < 4.78 is 1.75. The third-order valence-corrected chi connectivity index (χ3v) is 5.48. The highest BCUT2D eigenvalue weighted by Crippen LogP contribution is 2.26. The lowest BCUT2D eigenvalue weighted by atomic mass is 10.1. The van der Waals surface area contributed by atoms with E-state index in [1.54, 1.807) is 28.7 Å². The largest absolute Gasteiger partial charge is 0.268 e. The summed E-state index contributed by atoms with van der Waals surface area (Å²) in [6.07, 6.45) is 3.56. The number of fused-ring (bicyclic) bond motifs is 1. The van der Waals surface area contributed by atoms with Gasteiger partial charge in [0.2, 0.25) is 0 Å². The van der Waals surface area contributed by atoms with Crippen molar-refractivity contribution in [2.24, 2.45) is 0 Å². The van der Waals surface area contributed by atoms with Gasteiger partial charge in [-0.15, -0.1) is 0 Å². The number of thioether (sulfide) groups is 1. The Morgan fingerprint density at radius 3 is 2.59 bits per heavy atom. The van der Waals surface area contributed by atoms with Gasteiger partial charge in [0.25, 0.3) is 5.56 Å². The maximum absolute atomic E-state index is 13.3. The van der Waals surface area contributed by atoms with Crippen molar-refractivity contribution >= 4 is 22.7 Å². The van der Waals surface area contributed by atoms with Gasteiger partial charge in [0.15, 0.2) is 5.16 Å². The molecule has 0 N–H and O–H groups in total. The van der Waals surface area contributed by atoms with Crippen LogP contribution in [-0.2, 0) is 5.75 Å². The second kappa shape index (κ2) is 7.37. The minimum atomic E-state index is -0.0356. The highest BCUT2D eigenvalue weighted by Gasteiger charge is 2.15. The molecule has 4 nitrogen and oxygen atoms in total. The summed E-state index contributed by atoms with van der Waals surface area (Å²) in [5.74, 6) is 0.720. The number of pyridine rings is 1. The van der Waals surface area contributed by atoms with Crippen LogP contribution >= 0.6 is 11.8 Å². The quantitative estimate of drug-likeness (QED) is 0.385. The minimum Gasteiger partial charge on any atom is -0.268 e. The number of aromatic nitrogens is 3. The molecule has 134 valence electrons. The molecule has 0 radical (unpaired) electrons. The summed E-state index contributed by atoms with van der Waals surface area (Å²) in [6, 6.07) is 17.6. The van der Waals surface area contributed by atoms with E-state index in [1.165, 1.54) is 0 Å². The Balaban J connectivity index is 1.90. The molecule has 4 rings (SSSR count). The Labute approximate surface area is 161 Å². The van der Waals surface area contributed by atoms with Gasteiger partial charge >= 0.3 is 0 Å². The van der Waals surface area contributed by atoms with E-state index in [1.807, 2.05) is 62.4 Å². The molecule has 0 amide bonds. The second-order valence-electron chi connectivity index (χ2n) is 6.49. The SMILES string of the molecule is Cc1ccc(C)c(-n2c(SCc3ccncc3)nc3ccccc3c2=O)c1. The van der Waals surface area contributed by atoms with E-state index in [9.17, 15) is 4.79 Å². The lowest BCUT2D eigenvalue weighted by Crippen LogP contribution is -2.22. The van der Waals surface area contributed by atoms with Crippen LogP contribution in [0.5, 0.6) is 0 Å². The van der Waals surface area contributed by atoms with Crippen molar-refractivity contribution in [3.63, 3.8) is 0 Å². The van der Waals surface area contributed by atoms with Crippen molar-refractivity contribution < 1.29 is 0 Å². The smallest absolute Gasteiger partial charge is 0.266 e. The van der Waals surface area contributed by atoms with Crippen LogP contribution < -0.4 is 5.56 Å². The Morgan fingerprint density at radius 2 is 1.78 bits per heavy atom. The molecule has 0 bridgehead atoms. The summed E-state index contributed by atoms with van der Waals surface area (Å²) in [5, 5.41) is 1.33. The van der Waals surface area contributed by atoms with Gasteiger partial charge in [-0.2, -0.15) is 0 Å². The van der Waals surface area contributed by atoms with E-state index in [-0.39, 0.29) is 5.56 Å². The van der Waals surface area contributed by atoms with Gasteiger partial charge in [-0.05, 0) is 60.9 Å². The molecule has 5 heteroatoms. The third kappa shape index (κ3) is 3.51. The third-order valence-electron chi connectivity index (χ3n) is 4.47. The van der Waals surface area contributed by atoms with Gasteiger partial charge < -0.3 is 0 Å². The zero-order valence-electron chi connectivity index (χ0n) is 15.2. The van der Waals surface area contributed by atoms with Crippen molar-refractivity contribution in [1.29, 1.82) is 0 Å². The Hall–Kier alpha value is -2.92. The van der Waals surface area contributed by atoms with Crippen LogP contribution in [0.2, 0.25) is 0 Å². The van der Waals surface area contributed by atoms with Gasteiger partial charge in [-0.3, -0.25) is 14.3 Å². The lowest BCUT2D eigenvalue weighted by molar-refractivity contribution is 0.813. The lowest BCUT2D eigenvalue weighted by Gasteiger charge is -2.15. The van der Waals surface area contributed by atoms with E-state index < -0.39 is 0 Å². The molecule has 0 aliphatic rings. The topological polar surface area (TPSA) is 47.8 Å². The number of hydrogen-bond acceptors (Lipinski definition) is 4. The fraction of sp³-hybridized carbons (Fsp3) is 0.136. The van der Waals surface area contributed by atoms with Crippen molar-refractivity contribution in [2.45, 2.75) is 24.8 Å². The highest BCUT2D eigenvalue weighted by atomic mass is 32.2. The molecular formula is C22H19N3OS. The van der Waals surface area contributed by atoms with Crippen LogP contribution in [0.15, 0.2) is 76.9 Å². The van der Waals surface area contributed by atoms with Gasteiger partial charge in [0, 0.05) is 18.1 Å². The molecule has 0 unspecified atom stereocenters. The average molecular weight is 373 g/mol. The molecule has 0 atom stereocenters. The highest BCUT2D eigenvalue weighted by molar-refractivity contribution is 7.98. The molecule has 2 heterocycles. The molecule has 2 aromatic heterocycles. The molecule has 0 saturated carbocycles. The number of hydrogen-bond donors (Lipinski definition) is 0. The molecule has 0 saturated heterocycles. The summed E-state index contributed by atoms with van der Waals surface area (Å²) in [6.45, 7) is 4.06. The van der Waals surface area contributed by atoms with Gasteiger partial charge in [-0.1, -0.05) is 36.0 Å². The Kier molecular flexibility index (Phi) is 4.77. The van der Waals surface area contributed by atoms with Gasteiger partial charge in [0.05, 0.1) is 16.6 Å². The van der Waals surface area contributed by atoms with E-state index in [0.29, 0.717) is 10.5 Å². The van der Waals surface area contributed by atoms with Crippen molar-refractivity contribution in [1.82, 2.24) is 14.5 Å². The summed E-state index contributed by atoms with van der Waals surface area (Å²) in [5.41, 5.74) is 4.87. The van der Waals surface area contributed by atoms with Gasteiger partial charge in [0.1, 0.15) is 0 Å². The predicted octanol–water partition coefficient (Wildman–Crippen LogP) is 4.69. The van der Waals surface area contributed by atoms with E-state index in [0.717, 1.165) is 33.6 Å². The van der Waals surface area contributed by atoms with Gasteiger partial charge in [-0.25, -0.2) is 4.98 Å². The van der Waals surface area contributed by atoms with Crippen molar-refractivity contribution in [3.8, 4) is 5.69 Å². The maximum Gasteiger partial charge on any atom is 0.266 e. The normalized spacial score (nSPS) is 11.0. The molecule has 4 aromatic rings. The number of para-hydroxylation sites is 1. The van der Waals surface area contributed by atoms with Crippen LogP contribution in [0.1, 0.15) is 16.7 Å². The first kappa shape index (κ1) is 17.5. The molecule has 0 spiro atoms. The summed E-state index contributed by atoms with van der Waals surface area (Å²) in [4.78, 5) is 22.2. The zero-order chi connectivity index (χ0) is 18.8. The maximum atomic E-state index is 13.3. The number of nitrogens with zero attached hydrogens (tertiary/aromatic N) is 3. The van der Waals surface area contributed by atoms with Crippen molar-refractivity contribution in [3.05, 3.63) is 94.0 Å². The van der Waals surface area contributed by atoms with Crippen LogP contribution in [0.4, 0.5) is 0 Å². The van der Waals surface area contributed by atoms with Crippen molar-refractivity contribution in [2.75, 3.05) is 0 Å². The molecule has 0 aliphatic carbocycles. The minimum absolute atomic E-state index is 0.0356. The molecular weight excluding hydrogens is 354 g/mol. The monoisotopic (exact) mass is 373 g/mol. The number of rotatable bonds is 4. The number of aryl methyl sites for hydroxylation is 2. The van der Waals surface area contributed by atoms with E-state index in [2.05, 4.69) is 11.1 Å². The first-order valence-electron chi connectivity index (χ1n) is 8.74. The van der Waals surface area contributed by atoms with E-state index >= 15 is 0 Å². The Bertz CT molecular complexity index is 1170. The molecule has 0 aliphatic heterocycles. The summed E-state index contributed by atoms with van der Waals surface area (Å²) >= 11 is 1.56. The van der Waals surface area contributed by atoms with Crippen LogP contribution in [0, 0.1) is 13.8 Å². The predicted molar refractivity (Wildman–Crippen MR) is 111 cm³/mol. The zero-order valence-corrected chi connectivity index (χ0v) is 16.0. The second-order valence-corrected chi connectivity index (χ2v) is 7.43. The van der Waals surface area contributed by atoms with E-state index in [4.69, 9.17) is 4.98 Å². The van der Waals surface area contributed by atoms with Crippen LogP contribution in [-0.4, -0.2) is 14.5 Å².